The van der Waals surface area contributed by atoms with E-state index < -0.39 is 18.4 Å². The molecular formula is C8H15F2NO3. The first kappa shape index (κ1) is 13.2. The van der Waals surface area contributed by atoms with E-state index in [2.05, 4.69) is 0 Å². The van der Waals surface area contributed by atoms with Crippen molar-refractivity contribution in [3.8, 4) is 0 Å². The van der Waals surface area contributed by atoms with Crippen LogP contribution in [-0.4, -0.2) is 53.2 Å². The Kier molecular flexibility index (Phi) is 5.56. The van der Waals surface area contributed by atoms with Crippen LogP contribution in [0.15, 0.2) is 0 Å². The number of halogens is 2. The summed E-state index contributed by atoms with van der Waals surface area (Å²) in [7, 11) is 0. The molecule has 0 radical (unpaired) electrons. The molecule has 0 saturated carbocycles. The van der Waals surface area contributed by atoms with E-state index in [4.69, 9.17) is 10.2 Å². The lowest BCUT2D eigenvalue weighted by Gasteiger charge is -2.23. The summed E-state index contributed by atoms with van der Waals surface area (Å²) < 4.78 is 25.4. The average molecular weight is 211 g/mol. The van der Waals surface area contributed by atoms with Crippen LogP contribution in [0.25, 0.3) is 0 Å². The topological polar surface area (TPSA) is 60.8 Å². The average Bonchev–Trinajstić information content (AvgIpc) is 2.11. The van der Waals surface area contributed by atoms with E-state index in [9.17, 15) is 13.6 Å². The number of carbonyl (C=O) groups is 1. The Bertz CT molecular complexity index is 187. The number of hydrogen-bond acceptors (Lipinski definition) is 3. The Balaban J connectivity index is 4.09. The van der Waals surface area contributed by atoms with Crippen LogP contribution >= 0.6 is 0 Å². The van der Waals surface area contributed by atoms with Gasteiger partial charge in [-0.2, -0.15) is 8.78 Å². The summed E-state index contributed by atoms with van der Waals surface area (Å²) in [5.41, 5.74) is 0. The van der Waals surface area contributed by atoms with E-state index >= 15 is 0 Å². The third-order valence-electron chi connectivity index (χ3n) is 1.81. The fraction of sp³-hybridized carbons (Fsp3) is 0.875. The SMILES string of the molecule is CCN(CCCO)CC(F)(F)C(=O)O. The number of aliphatic hydroxyl groups excluding tert-OH is 1. The van der Waals surface area contributed by atoms with Crippen LogP contribution in [0.2, 0.25) is 0 Å². The molecule has 14 heavy (non-hydrogen) atoms. The molecule has 0 rings (SSSR count). The van der Waals surface area contributed by atoms with Crippen molar-refractivity contribution in [1.29, 1.82) is 0 Å². The minimum Gasteiger partial charge on any atom is -0.477 e. The van der Waals surface area contributed by atoms with Gasteiger partial charge in [-0.15, -0.1) is 0 Å². The number of nitrogens with zero attached hydrogens (tertiary/aromatic N) is 1. The van der Waals surface area contributed by atoms with Crippen LogP contribution in [0.1, 0.15) is 13.3 Å². The largest absolute Gasteiger partial charge is 0.477 e. The van der Waals surface area contributed by atoms with Crippen LogP contribution in [0.3, 0.4) is 0 Å². The van der Waals surface area contributed by atoms with Crippen LogP contribution in [0, 0.1) is 0 Å². The molecule has 0 aromatic heterocycles. The molecule has 0 atom stereocenters. The Morgan fingerprint density at radius 2 is 2.07 bits per heavy atom. The number of hydrogen-bond donors (Lipinski definition) is 2. The van der Waals surface area contributed by atoms with Crippen LogP contribution in [0.4, 0.5) is 8.78 Å². The van der Waals surface area contributed by atoms with Crippen molar-refractivity contribution in [3.63, 3.8) is 0 Å². The van der Waals surface area contributed by atoms with Gasteiger partial charge in [0, 0.05) is 13.2 Å². The lowest BCUT2D eigenvalue weighted by atomic mass is 10.3. The predicted octanol–water partition coefficient (Wildman–Crippen LogP) is 0.411. The summed E-state index contributed by atoms with van der Waals surface area (Å²) in [6.07, 6.45) is 0.365. The molecule has 0 saturated heterocycles. The molecular weight excluding hydrogens is 196 g/mol. The van der Waals surface area contributed by atoms with Gasteiger partial charge in [0.15, 0.2) is 0 Å². The molecule has 84 valence electrons. The second kappa shape index (κ2) is 5.87. The highest BCUT2D eigenvalue weighted by molar-refractivity contribution is 5.75. The molecule has 2 N–H and O–H groups in total. The fourth-order valence-corrected chi connectivity index (χ4v) is 0.992. The lowest BCUT2D eigenvalue weighted by Crippen LogP contribution is -2.42. The number of rotatable bonds is 7. The van der Waals surface area contributed by atoms with E-state index in [0.717, 1.165) is 0 Å². The molecule has 0 aliphatic rings. The monoisotopic (exact) mass is 211 g/mol. The van der Waals surface area contributed by atoms with Crippen molar-refractivity contribution in [3.05, 3.63) is 0 Å². The zero-order valence-corrected chi connectivity index (χ0v) is 8.04. The summed E-state index contributed by atoms with van der Waals surface area (Å²) >= 11 is 0. The summed E-state index contributed by atoms with van der Waals surface area (Å²) in [6.45, 7) is 1.38. The van der Waals surface area contributed by atoms with Gasteiger partial charge in [-0.3, -0.25) is 4.90 Å². The van der Waals surface area contributed by atoms with Gasteiger partial charge < -0.3 is 10.2 Å². The third-order valence-corrected chi connectivity index (χ3v) is 1.81. The third kappa shape index (κ3) is 4.48. The first-order valence-electron chi connectivity index (χ1n) is 4.38. The van der Waals surface area contributed by atoms with E-state index in [1.807, 2.05) is 0 Å². The van der Waals surface area contributed by atoms with Crippen molar-refractivity contribution in [1.82, 2.24) is 4.90 Å². The van der Waals surface area contributed by atoms with E-state index in [-0.39, 0.29) is 13.2 Å². The van der Waals surface area contributed by atoms with Crippen molar-refractivity contribution >= 4 is 5.97 Å². The molecule has 0 aliphatic carbocycles. The van der Waals surface area contributed by atoms with Gasteiger partial charge >= 0.3 is 11.9 Å². The van der Waals surface area contributed by atoms with E-state index in [1.54, 1.807) is 6.92 Å². The molecule has 0 aromatic carbocycles. The zero-order valence-electron chi connectivity index (χ0n) is 8.04. The zero-order chi connectivity index (χ0) is 11.2. The second-order valence-electron chi connectivity index (χ2n) is 2.96. The van der Waals surface area contributed by atoms with Gasteiger partial charge in [0.1, 0.15) is 0 Å². The van der Waals surface area contributed by atoms with Gasteiger partial charge in [0.05, 0.1) is 6.54 Å². The maximum absolute atomic E-state index is 12.7. The summed E-state index contributed by atoms with van der Waals surface area (Å²) in [5, 5.41) is 16.7. The van der Waals surface area contributed by atoms with Crippen molar-refractivity contribution in [2.45, 2.75) is 19.3 Å². The first-order valence-corrected chi connectivity index (χ1v) is 4.38. The molecule has 4 nitrogen and oxygen atoms in total. The number of carboxylic acids is 1. The Hall–Kier alpha value is -0.750. The minimum absolute atomic E-state index is 0.0882. The standard InChI is InChI=1S/C8H15F2NO3/c1-2-11(4-3-5-12)6-8(9,10)7(13)14/h12H,2-6H2,1H3,(H,13,14). The summed E-state index contributed by atoms with van der Waals surface area (Å²) in [6, 6.07) is 0. The molecule has 0 spiro atoms. The number of carboxylic acid groups (broad SMARTS) is 1. The highest BCUT2D eigenvalue weighted by atomic mass is 19.3. The maximum Gasteiger partial charge on any atom is 0.375 e. The molecule has 0 bridgehead atoms. The van der Waals surface area contributed by atoms with Crippen LogP contribution in [-0.2, 0) is 4.79 Å². The normalized spacial score (nSPS) is 12.1. The molecule has 0 aliphatic heterocycles. The Labute approximate surface area is 81.1 Å². The van der Waals surface area contributed by atoms with Gasteiger partial charge in [0.2, 0.25) is 0 Å². The molecule has 0 aromatic rings. The molecule has 0 heterocycles. The lowest BCUT2D eigenvalue weighted by molar-refractivity contribution is -0.167. The van der Waals surface area contributed by atoms with Crippen molar-refractivity contribution in [2.24, 2.45) is 0 Å². The van der Waals surface area contributed by atoms with Gasteiger partial charge in [0.25, 0.3) is 0 Å². The molecule has 0 unspecified atom stereocenters. The van der Waals surface area contributed by atoms with Crippen LogP contribution in [0.5, 0.6) is 0 Å². The maximum atomic E-state index is 12.7. The Morgan fingerprint density at radius 1 is 1.50 bits per heavy atom. The fourth-order valence-electron chi connectivity index (χ4n) is 0.992. The second-order valence-corrected chi connectivity index (χ2v) is 2.96. The minimum atomic E-state index is -3.72. The van der Waals surface area contributed by atoms with Crippen LogP contribution < -0.4 is 0 Å². The molecule has 0 fully saturated rings. The van der Waals surface area contributed by atoms with Gasteiger partial charge in [-0.25, -0.2) is 4.79 Å². The van der Waals surface area contributed by atoms with E-state index in [0.29, 0.717) is 13.0 Å². The predicted molar refractivity (Wildman–Crippen MR) is 46.4 cm³/mol. The first-order chi connectivity index (χ1) is 6.44. The quantitative estimate of drug-likeness (QED) is 0.640. The number of aliphatic hydroxyl groups is 1. The Morgan fingerprint density at radius 3 is 2.43 bits per heavy atom. The van der Waals surface area contributed by atoms with Gasteiger partial charge in [-0.05, 0) is 13.0 Å². The molecule has 0 amide bonds. The summed E-state index contributed by atoms with van der Waals surface area (Å²) in [4.78, 5) is 11.4. The van der Waals surface area contributed by atoms with Crippen molar-refractivity contribution < 1.29 is 23.8 Å². The number of aliphatic carboxylic acids is 1. The highest BCUT2D eigenvalue weighted by Crippen LogP contribution is 2.15. The smallest absolute Gasteiger partial charge is 0.375 e. The summed E-state index contributed by atoms with van der Waals surface area (Å²) in [5.74, 6) is -5.83. The number of alkyl halides is 2. The highest BCUT2D eigenvalue weighted by Gasteiger charge is 2.40. The molecule has 6 heteroatoms. The van der Waals surface area contributed by atoms with Crippen molar-refractivity contribution in [2.75, 3.05) is 26.2 Å². The van der Waals surface area contributed by atoms with E-state index in [1.165, 1.54) is 4.90 Å². The van der Waals surface area contributed by atoms with Gasteiger partial charge in [-0.1, -0.05) is 6.92 Å².